The molecular weight excluding hydrogens is 362 g/mol. The molecule has 0 atom stereocenters. The van der Waals surface area contributed by atoms with Crippen LogP contribution in [0.5, 0.6) is 0 Å². The Morgan fingerprint density at radius 2 is 1.81 bits per heavy atom. The smallest absolute Gasteiger partial charge is 0.267 e. The summed E-state index contributed by atoms with van der Waals surface area (Å²) in [6.45, 7) is 0. The second-order valence-electron chi connectivity index (χ2n) is 6.11. The summed E-state index contributed by atoms with van der Waals surface area (Å²) in [5.41, 5.74) is 3.87. The minimum Gasteiger partial charge on any atom is -0.378 e. The molecule has 138 valence electrons. The van der Waals surface area contributed by atoms with E-state index in [9.17, 15) is 9.59 Å². The number of hydrogen-bond acceptors (Lipinski definition) is 5. The Morgan fingerprint density at radius 3 is 2.48 bits per heavy atom. The van der Waals surface area contributed by atoms with Gasteiger partial charge in [0.1, 0.15) is 0 Å². The number of fused-ring (bicyclic) bond motifs is 1. The SMILES string of the molecule is CN(C)c1ccc(C(=O)Nc2ccc3sc(/C=C/C(=O)NO)cc3c2)cc1. The highest BCUT2D eigenvalue weighted by Gasteiger charge is 2.08. The summed E-state index contributed by atoms with van der Waals surface area (Å²) in [7, 11) is 3.90. The number of hydrogen-bond donors (Lipinski definition) is 3. The predicted molar refractivity (Wildman–Crippen MR) is 110 cm³/mol. The van der Waals surface area contributed by atoms with Crippen molar-refractivity contribution in [3.8, 4) is 0 Å². The fraction of sp³-hybridized carbons (Fsp3) is 0.100. The molecule has 0 saturated carbocycles. The van der Waals surface area contributed by atoms with Crippen molar-refractivity contribution in [3.05, 3.63) is 65.0 Å². The molecule has 3 N–H and O–H groups in total. The van der Waals surface area contributed by atoms with Crippen molar-refractivity contribution in [2.75, 3.05) is 24.3 Å². The Morgan fingerprint density at radius 1 is 1.07 bits per heavy atom. The van der Waals surface area contributed by atoms with Gasteiger partial charge in [-0.2, -0.15) is 0 Å². The van der Waals surface area contributed by atoms with Crippen molar-refractivity contribution in [1.29, 1.82) is 0 Å². The van der Waals surface area contributed by atoms with E-state index in [1.165, 1.54) is 17.4 Å². The van der Waals surface area contributed by atoms with Crippen molar-refractivity contribution in [2.24, 2.45) is 0 Å². The highest BCUT2D eigenvalue weighted by Crippen LogP contribution is 2.29. The Balaban J connectivity index is 1.75. The van der Waals surface area contributed by atoms with Crippen molar-refractivity contribution < 1.29 is 14.8 Å². The van der Waals surface area contributed by atoms with Crippen LogP contribution in [0.2, 0.25) is 0 Å². The van der Waals surface area contributed by atoms with Crippen LogP contribution in [0.4, 0.5) is 11.4 Å². The van der Waals surface area contributed by atoms with Gasteiger partial charge >= 0.3 is 0 Å². The van der Waals surface area contributed by atoms with Gasteiger partial charge in [-0.1, -0.05) is 0 Å². The molecule has 0 spiro atoms. The van der Waals surface area contributed by atoms with Crippen LogP contribution in [0, 0.1) is 0 Å². The molecule has 0 bridgehead atoms. The van der Waals surface area contributed by atoms with Crippen LogP contribution < -0.4 is 15.7 Å². The number of benzene rings is 2. The van der Waals surface area contributed by atoms with E-state index in [0.717, 1.165) is 20.7 Å². The summed E-state index contributed by atoms with van der Waals surface area (Å²) in [6.07, 6.45) is 2.88. The zero-order valence-corrected chi connectivity index (χ0v) is 15.7. The molecule has 1 heterocycles. The minimum atomic E-state index is -0.583. The van der Waals surface area contributed by atoms with Crippen LogP contribution in [-0.4, -0.2) is 31.1 Å². The van der Waals surface area contributed by atoms with E-state index in [1.54, 1.807) is 23.7 Å². The Hall–Kier alpha value is -3.16. The molecule has 0 radical (unpaired) electrons. The van der Waals surface area contributed by atoms with E-state index in [1.807, 2.05) is 55.4 Å². The molecule has 3 aromatic rings. The largest absolute Gasteiger partial charge is 0.378 e. The van der Waals surface area contributed by atoms with Gasteiger partial charge in [0, 0.05) is 46.7 Å². The van der Waals surface area contributed by atoms with Gasteiger partial charge in [0.15, 0.2) is 0 Å². The van der Waals surface area contributed by atoms with Crippen LogP contribution in [0.15, 0.2) is 54.6 Å². The number of hydroxylamine groups is 1. The third kappa shape index (κ3) is 4.52. The van der Waals surface area contributed by atoms with E-state index in [-0.39, 0.29) is 5.91 Å². The molecular formula is C20H19N3O3S. The molecule has 1 aromatic heterocycles. The van der Waals surface area contributed by atoms with Crippen LogP contribution >= 0.6 is 11.3 Å². The van der Waals surface area contributed by atoms with E-state index < -0.39 is 5.91 Å². The highest BCUT2D eigenvalue weighted by atomic mass is 32.1. The number of anilines is 2. The maximum atomic E-state index is 12.4. The fourth-order valence-electron chi connectivity index (χ4n) is 2.53. The predicted octanol–water partition coefficient (Wildman–Crippen LogP) is 3.74. The number of nitrogens with one attached hydrogen (secondary N) is 2. The summed E-state index contributed by atoms with van der Waals surface area (Å²) in [5.74, 6) is -0.754. The van der Waals surface area contributed by atoms with Crippen LogP contribution in [0.25, 0.3) is 16.2 Å². The molecule has 0 aliphatic rings. The average molecular weight is 381 g/mol. The van der Waals surface area contributed by atoms with E-state index in [0.29, 0.717) is 11.3 Å². The number of carbonyl (C=O) groups excluding carboxylic acids is 2. The van der Waals surface area contributed by atoms with Gasteiger partial charge in [0.25, 0.3) is 11.8 Å². The van der Waals surface area contributed by atoms with Gasteiger partial charge < -0.3 is 10.2 Å². The van der Waals surface area contributed by atoms with Crippen LogP contribution in [0.3, 0.4) is 0 Å². The lowest BCUT2D eigenvalue weighted by atomic mass is 10.1. The zero-order valence-electron chi connectivity index (χ0n) is 14.9. The van der Waals surface area contributed by atoms with Crippen LogP contribution in [0.1, 0.15) is 15.2 Å². The molecule has 6 nitrogen and oxygen atoms in total. The molecule has 0 aliphatic heterocycles. The van der Waals surface area contributed by atoms with Gasteiger partial charge in [0.05, 0.1) is 0 Å². The van der Waals surface area contributed by atoms with E-state index in [2.05, 4.69) is 5.32 Å². The molecule has 27 heavy (non-hydrogen) atoms. The maximum absolute atomic E-state index is 12.4. The first-order valence-corrected chi connectivity index (χ1v) is 9.02. The molecule has 2 amide bonds. The highest BCUT2D eigenvalue weighted by molar-refractivity contribution is 7.19. The van der Waals surface area contributed by atoms with Crippen molar-refractivity contribution >= 4 is 50.7 Å². The molecule has 0 unspecified atom stereocenters. The molecule has 3 rings (SSSR count). The van der Waals surface area contributed by atoms with E-state index >= 15 is 0 Å². The zero-order chi connectivity index (χ0) is 19.4. The Kier molecular flexibility index (Phi) is 5.54. The number of carbonyl (C=O) groups is 2. The second kappa shape index (κ2) is 8.03. The van der Waals surface area contributed by atoms with Gasteiger partial charge in [0.2, 0.25) is 0 Å². The normalized spacial score (nSPS) is 10.9. The third-order valence-corrected chi connectivity index (χ3v) is 5.03. The maximum Gasteiger partial charge on any atom is 0.267 e. The average Bonchev–Trinajstić information content (AvgIpc) is 3.08. The first kappa shape index (κ1) is 18.6. The van der Waals surface area contributed by atoms with Gasteiger partial charge in [-0.3, -0.25) is 14.8 Å². The topological polar surface area (TPSA) is 81.7 Å². The second-order valence-corrected chi connectivity index (χ2v) is 7.22. The number of rotatable bonds is 5. The number of amides is 2. The lowest BCUT2D eigenvalue weighted by Gasteiger charge is -2.12. The summed E-state index contributed by atoms with van der Waals surface area (Å²) in [5, 5.41) is 12.4. The molecule has 7 heteroatoms. The monoisotopic (exact) mass is 381 g/mol. The lowest BCUT2D eigenvalue weighted by Crippen LogP contribution is -2.14. The minimum absolute atomic E-state index is 0.172. The summed E-state index contributed by atoms with van der Waals surface area (Å²) < 4.78 is 1.03. The van der Waals surface area contributed by atoms with E-state index in [4.69, 9.17) is 5.21 Å². The summed E-state index contributed by atoms with van der Waals surface area (Å²) in [6, 6.07) is 15.0. The quantitative estimate of drug-likeness (QED) is 0.357. The van der Waals surface area contributed by atoms with Gasteiger partial charge in [-0.15, -0.1) is 11.3 Å². The standard InChI is InChI=1S/C20H19N3O3S/c1-23(2)16-6-3-13(4-7-16)20(25)21-15-5-9-18-14(11-15)12-17(27-18)8-10-19(24)22-26/h3-12,26H,1-2H3,(H,21,25)(H,22,24)/b10-8+. The first-order chi connectivity index (χ1) is 13.0. The molecule has 0 fully saturated rings. The molecule has 0 saturated heterocycles. The fourth-order valence-corrected chi connectivity index (χ4v) is 3.48. The Bertz CT molecular complexity index is 1010. The third-order valence-electron chi connectivity index (χ3n) is 3.95. The molecule has 0 aliphatic carbocycles. The van der Waals surface area contributed by atoms with Crippen molar-refractivity contribution in [3.63, 3.8) is 0 Å². The summed E-state index contributed by atoms with van der Waals surface area (Å²) in [4.78, 5) is 26.4. The van der Waals surface area contributed by atoms with Crippen LogP contribution in [-0.2, 0) is 4.79 Å². The van der Waals surface area contributed by atoms with Crippen molar-refractivity contribution in [1.82, 2.24) is 5.48 Å². The Labute approximate surface area is 160 Å². The lowest BCUT2D eigenvalue weighted by molar-refractivity contribution is -0.124. The van der Waals surface area contributed by atoms with Crippen molar-refractivity contribution in [2.45, 2.75) is 0 Å². The molecule has 2 aromatic carbocycles. The summed E-state index contributed by atoms with van der Waals surface area (Å²) >= 11 is 1.51. The first-order valence-electron chi connectivity index (χ1n) is 8.21. The number of thiophene rings is 1. The number of nitrogens with zero attached hydrogens (tertiary/aromatic N) is 1. The van der Waals surface area contributed by atoms with Gasteiger partial charge in [-0.05, 0) is 60.0 Å². The van der Waals surface area contributed by atoms with Gasteiger partial charge in [-0.25, -0.2) is 5.48 Å².